The lowest BCUT2D eigenvalue weighted by molar-refractivity contribution is -0.141. The fourth-order valence-corrected chi connectivity index (χ4v) is 1.69. The van der Waals surface area contributed by atoms with Crippen LogP contribution < -0.4 is 0 Å². The Labute approximate surface area is 105 Å². The Bertz CT molecular complexity index is 482. The largest absolute Gasteiger partial charge is 0.481 e. The van der Waals surface area contributed by atoms with Gasteiger partial charge in [0.1, 0.15) is 5.82 Å². The summed E-state index contributed by atoms with van der Waals surface area (Å²) in [4.78, 5) is 12.5. The Morgan fingerprint density at radius 2 is 2.28 bits per heavy atom. The summed E-state index contributed by atoms with van der Waals surface area (Å²) in [5.41, 5.74) is 0.976. The van der Waals surface area contributed by atoms with Gasteiger partial charge in [-0.15, -0.1) is 0 Å². The molecule has 0 aromatic heterocycles. The number of carboxylic acids is 1. The molecule has 1 unspecified atom stereocenters. The average Bonchev–Trinajstić information content (AvgIpc) is 2.31. The molecule has 0 aliphatic rings. The van der Waals surface area contributed by atoms with Crippen molar-refractivity contribution < 1.29 is 14.3 Å². The number of carbonyl (C=O) groups is 1. The SMILES string of the molecule is CC(CN(C)Cc1ccc(F)cc1C#N)C(=O)O. The summed E-state index contributed by atoms with van der Waals surface area (Å²) in [6.45, 7) is 2.41. The van der Waals surface area contributed by atoms with Gasteiger partial charge in [0.2, 0.25) is 0 Å². The lowest BCUT2D eigenvalue weighted by Gasteiger charge is -2.19. The van der Waals surface area contributed by atoms with Crippen LogP contribution in [0, 0.1) is 23.1 Å². The normalized spacial score (nSPS) is 12.2. The van der Waals surface area contributed by atoms with Crippen molar-refractivity contribution in [1.82, 2.24) is 4.90 Å². The van der Waals surface area contributed by atoms with E-state index in [1.807, 2.05) is 6.07 Å². The van der Waals surface area contributed by atoms with Crippen LogP contribution in [0.25, 0.3) is 0 Å². The van der Waals surface area contributed by atoms with Crippen LogP contribution in [0.4, 0.5) is 4.39 Å². The number of nitriles is 1. The molecule has 0 amide bonds. The van der Waals surface area contributed by atoms with E-state index in [4.69, 9.17) is 10.4 Å². The lowest BCUT2D eigenvalue weighted by Crippen LogP contribution is -2.28. The van der Waals surface area contributed by atoms with Gasteiger partial charge in [-0.25, -0.2) is 4.39 Å². The number of nitrogens with zero attached hydrogens (tertiary/aromatic N) is 2. The highest BCUT2D eigenvalue weighted by Crippen LogP contribution is 2.13. The molecule has 0 bridgehead atoms. The zero-order chi connectivity index (χ0) is 13.7. The molecular weight excluding hydrogens is 235 g/mol. The van der Waals surface area contributed by atoms with Crippen molar-refractivity contribution in [3.63, 3.8) is 0 Å². The fourth-order valence-electron chi connectivity index (χ4n) is 1.69. The van der Waals surface area contributed by atoms with Gasteiger partial charge in [-0.05, 0) is 24.7 Å². The molecule has 0 heterocycles. The molecule has 5 heteroatoms. The molecule has 18 heavy (non-hydrogen) atoms. The molecule has 1 atom stereocenters. The van der Waals surface area contributed by atoms with Gasteiger partial charge < -0.3 is 10.0 Å². The first-order valence-electron chi connectivity index (χ1n) is 5.54. The van der Waals surface area contributed by atoms with Crippen LogP contribution in [0.3, 0.4) is 0 Å². The Morgan fingerprint density at radius 1 is 1.61 bits per heavy atom. The number of aliphatic carboxylic acids is 1. The van der Waals surface area contributed by atoms with Crippen LogP contribution in [-0.4, -0.2) is 29.6 Å². The number of halogens is 1. The second-order valence-electron chi connectivity index (χ2n) is 4.35. The number of carboxylic acid groups (broad SMARTS) is 1. The minimum absolute atomic E-state index is 0.282. The van der Waals surface area contributed by atoms with Gasteiger partial charge in [-0.3, -0.25) is 4.79 Å². The van der Waals surface area contributed by atoms with E-state index in [1.54, 1.807) is 24.9 Å². The standard InChI is InChI=1S/C13H15FN2O2/c1-9(13(17)18)7-16(2)8-10-3-4-12(14)5-11(10)6-15/h3-5,9H,7-8H2,1-2H3,(H,17,18). The molecular formula is C13H15FN2O2. The third kappa shape index (κ3) is 3.82. The minimum Gasteiger partial charge on any atom is -0.481 e. The highest BCUT2D eigenvalue weighted by atomic mass is 19.1. The van der Waals surface area contributed by atoms with E-state index in [0.717, 1.165) is 0 Å². The maximum atomic E-state index is 12.9. The van der Waals surface area contributed by atoms with Gasteiger partial charge in [0.05, 0.1) is 17.6 Å². The maximum absolute atomic E-state index is 12.9. The Morgan fingerprint density at radius 3 is 2.83 bits per heavy atom. The van der Waals surface area contributed by atoms with Gasteiger partial charge in [-0.2, -0.15) is 5.26 Å². The highest BCUT2D eigenvalue weighted by Gasteiger charge is 2.14. The molecule has 0 radical (unpaired) electrons. The summed E-state index contributed by atoms with van der Waals surface area (Å²) in [6.07, 6.45) is 0. The predicted octanol–water partition coefficient (Wildman–Crippen LogP) is 1.85. The summed E-state index contributed by atoms with van der Waals surface area (Å²) < 4.78 is 12.9. The summed E-state index contributed by atoms with van der Waals surface area (Å²) >= 11 is 0. The lowest BCUT2D eigenvalue weighted by atomic mass is 10.1. The molecule has 1 aromatic rings. The Kier molecular flexibility index (Phi) is 4.81. The van der Waals surface area contributed by atoms with Crippen LogP contribution in [0.2, 0.25) is 0 Å². The molecule has 0 fully saturated rings. The highest BCUT2D eigenvalue weighted by molar-refractivity contribution is 5.69. The zero-order valence-corrected chi connectivity index (χ0v) is 10.4. The van der Waals surface area contributed by atoms with Crippen molar-refractivity contribution >= 4 is 5.97 Å². The van der Waals surface area contributed by atoms with Gasteiger partial charge >= 0.3 is 5.97 Å². The van der Waals surface area contributed by atoms with Crippen LogP contribution in [-0.2, 0) is 11.3 Å². The van der Waals surface area contributed by atoms with Crippen molar-refractivity contribution in [2.45, 2.75) is 13.5 Å². The summed E-state index contributed by atoms with van der Waals surface area (Å²) in [7, 11) is 1.77. The third-order valence-electron chi connectivity index (χ3n) is 2.64. The minimum atomic E-state index is -0.860. The molecule has 0 saturated carbocycles. The Hall–Kier alpha value is -1.93. The van der Waals surface area contributed by atoms with E-state index in [0.29, 0.717) is 18.7 Å². The fraction of sp³-hybridized carbons (Fsp3) is 0.385. The monoisotopic (exact) mass is 250 g/mol. The third-order valence-corrected chi connectivity index (χ3v) is 2.64. The molecule has 1 N–H and O–H groups in total. The maximum Gasteiger partial charge on any atom is 0.307 e. The van der Waals surface area contributed by atoms with E-state index in [1.165, 1.54) is 12.1 Å². The topological polar surface area (TPSA) is 64.3 Å². The van der Waals surface area contributed by atoms with Crippen LogP contribution in [0.15, 0.2) is 18.2 Å². The molecule has 0 spiro atoms. The van der Waals surface area contributed by atoms with Gasteiger partial charge in [-0.1, -0.05) is 13.0 Å². The molecule has 96 valence electrons. The molecule has 0 aliphatic heterocycles. The second kappa shape index (κ2) is 6.12. The average molecular weight is 250 g/mol. The van der Waals surface area contributed by atoms with E-state index < -0.39 is 17.7 Å². The van der Waals surface area contributed by atoms with Crippen molar-refractivity contribution in [2.75, 3.05) is 13.6 Å². The summed E-state index contributed by atoms with van der Waals surface area (Å²) in [5.74, 6) is -1.79. The number of hydrogen-bond donors (Lipinski definition) is 1. The van der Waals surface area contributed by atoms with E-state index in [2.05, 4.69) is 0 Å². The van der Waals surface area contributed by atoms with Gasteiger partial charge in [0.15, 0.2) is 0 Å². The Balaban J connectivity index is 2.73. The van der Waals surface area contributed by atoms with Gasteiger partial charge in [0.25, 0.3) is 0 Å². The molecule has 0 aliphatic carbocycles. The zero-order valence-electron chi connectivity index (χ0n) is 10.4. The van der Waals surface area contributed by atoms with Crippen LogP contribution in [0.1, 0.15) is 18.1 Å². The quantitative estimate of drug-likeness (QED) is 0.866. The summed E-state index contributed by atoms with van der Waals surface area (Å²) in [5, 5.41) is 17.7. The smallest absolute Gasteiger partial charge is 0.307 e. The van der Waals surface area contributed by atoms with Crippen molar-refractivity contribution in [3.8, 4) is 6.07 Å². The predicted molar refractivity (Wildman–Crippen MR) is 64.2 cm³/mol. The molecule has 1 rings (SSSR count). The van der Waals surface area contributed by atoms with Crippen LogP contribution in [0.5, 0.6) is 0 Å². The summed E-state index contributed by atoms with van der Waals surface area (Å²) in [6, 6.07) is 5.97. The van der Waals surface area contributed by atoms with Gasteiger partial charge in [0, 0.05) is 13.1 Å². The molecule has 4 nitrogen and oxygen atoms in total. The van der Waals surface area contributed by atoms with E-state index in [9.17, 15) is 9.18 Å². The first-order valence-corrected chi connectivity index (χ1v) is 5.54. The second-order valence-corrected chi connectivity index (χ2v) is 4.35. The first kappa shape index (κ1) is 14.1. The number of benzene rings is 1. The molecule has 1 aromatic carbocycles. The number of rotatable bonds is 5. The van der Waals surface area contributed by atoms with Crippen molar-refractivity contribution in [1.29, 1.82) is 5.26 Å². The van der Waals surface area contributed by atoms with E-state index >= 15 is 0 Å². The first-order chi connectivity index (χ1) is 8.43. The van der Waals surface area contributed by atoms with Crippen molar-refractivity contribution in [3.05, 3.63) is 35.1 Å². The number of hydrogen-bond acceptors (Lipinski definition) is 3. The van der Waals surface area contributed by atoms with E-state index in [-0.39, 0.29) is 5.56 Å². The van der Waals surface area contributed by atoms with Crippen LogP contribution >= 0.6 is 0 Å². The van der Waals surface area contributed by atoms with Crippen molar-refractivity contribution in [2.24, 2.45) is 5.92 Å². The molecule has 0 saturated heterocycles.